The van der Waals surface area contributed by atoms with Gasteiger partial charge in [0.1, 0.15) is 5.82 Å². The lowest BCUT2D eigenvalue weighted by atomic mass is 9.99. The van der Waals surface area contributed by atoms with Gasteiger partial charge in [0.25, 0.3) is 0 Å². The van der Waals surface area contributed by atoms with Gasteiger partial charge < -0.3 is 10.6 Å². The maximum absolute atomic E-state index is 13.6. The Morgan fingerprint density at radius 3 is 2.40 bits per heavy atom. The Labute approximate surface area is 179 Å². The van der Waals surface area contributed by atoms with Crippen LogP contribution in [0.15, 0.2) is 47.4 Å². The zero-order valence-corrected chi connectivity index (χ0v) is 17.8. The Balaban J connectivity index is 1.70. The Bertz CT molecular complexity index is 1060. The number of rotatable bonds is 5. The molecular weight excluding hydrogens is 433 g/mol. The van der Waals surface area contributed by atoms with Crippen LogP contribution in [0.25, 0.3) is 0 Å². The fourth-order valence-electron chi connectivity index (χ4n) is 3.26. The van der Waals surface area contributed by atoms with Crippen molar-refractivity contribution in [2.24, 2.45) is 5.92 Å². The van der Waals surface area contributed by atoms with Crippen LogP contribution in [0.3, 0.4) is 0 Å². The van der Waals surface area contributed by atoms with E-state index in [1.807, 2.05) is 0 Å². The first-order valence-corrected chi connectivity index (χ1v) is 11.1. The predicted molar refractivity (Wildman–Crippen MR) is 112 cm³/mol. The van der Waals surface area contributed by atoms with Crippen molar-refractivity contribution in [3.63, 3.8) is 0 Å². The number of piperidine rings is 1. The molecule has 2 amide bonds. The molecule has 7 nitrogen and oxygen atoms in total. The van der Waals surface area contributed by atoms with Crippen molar-refractivity contribution in [1.29, 1.82) is 0 Å². The molecule has 160 valence electrons. The summed E-state index contributed by atoms with van der Waals surface area (Å²) in [6.45, 7) is 1.69. The van der Waals surface area contributed by atoms with Gasteiger partial charge in [0.15, 0.2) is 0 Å². The van der Waals surface area contributed by atoms with Crippen molar-refractivity contribution in [3.05, 3.63) is 53.3 Å². The van der Waals surface area contributed by atoms with E-state index in [0.717, 1.165) is 6.07 Å². The van der Waals surface area contributed by atoms with E-state index >= 15 is 0 Å². The van der Waals surface area contributed by atoms with E-state index in [0.29, 0.717) is 25.1 Å². The summed E-state index contributed by atoms with van der Waals surface area (Å²) in [6.07, 6.45) is 1.05. The minimum absolute atomic E-state index is 0.0255. The number of halogens is 2. The molecule has 3 rings (SSSR count). The summed E-state index contributed by atoms with van der Waals surface area (Å²) >= 11 is 5.65. The number of nitrogens with zero attached hydrogens (tertiary/aromatic N) is 1. The summed E-state index contributed by atoms with van der Waals surface area (Å²) in [5.74, 6) is -1.84. The highest BCUT2D eigenvalue weighted by Crippen LogP contribution is 2.26. The van der Waals surface area contributed by atoms with Crippen molar-refractivity contribution < 1.29 is 22.4 Å². The van der Waals surface area contributed by atoms with Crippen LogP contribution in [0.5, 0.6) is 0 Å². The molecule has 1 aliphatic rings. The van der Waals surface area contributed by atoms with E-state index in [2.05, 4.69) is 10.6 Å². The summed E-state index contributed by atoms with van der Waals surface area (Å²) < 4.78 is 40.8. The largest absolute Gasteiger partial charge is 0.326 e. The number of hydrogen-bond donors (Lipinski definition) is 2. The fourth-order valence-corrected chi connectivity index (χ4v) is 4.90. The smallest absolute Gasteiger partial charge is 0.243 e. The minimum atomic E-state index is -3.80. The quantitative estimate of drug-likeness (QED) is 0.724. The van der Waals surface area contributed by atoms with Crippen molar-refractivity contribution in [1.82, 2.24) is 4.31 Å². The zero-order valence-electron chi connectivity index (χ0n) is 16.2. The molecule has 0 unspecified atom stereocenters. The monoisotopic (exact) mass is 453 g/mol. The van der Waals surface area contributed by atoms with Gasteiger partial charge in [0.05, 0.1) is 15.8 Å². The number of anilines is 2. The average Bonchev–Trinajstić information content (AvgIpc) is 2.71. The topological polar surface area (TPSA) is 95.6 Å². The Morgan fingerprint density at radius 2 is 1.77 bits per heavy atom. The van der Waals surface area contributed by atoms with Crippen LogP contribution in [0, 0.1) is 11.7 Å². The van der Waals surface area contributed by atoms with Crippen LogP contribution < -0.4 is 10.6 Å². The summed E-state index contributed by atoms with van der Waals surface area (Å²) in [4.78, 5) is 23.8. The van der Waals surface area contributed by atoms with E-state index in [4.69, 9.17) is 11.6 Å². The molecule has 30 heavy (non-hydrogen) atoms. The molecule has 1 heterocycles. The van der Waals surface area contributed by atoms with Crippen LogP contribution in [-0.4, -0.2) is 37.6 Å². The third-order valence-corrected chi connectivity index (χ3v) is 6.94. The molecule has 1 atom stereocenters. The zero-order chi connectivity index (χ0) is 21.9. The van der Waals surface area contributed by atoms with Crippen molar-refractivity contribution >= 4 is 44.8 Å². The molecule has 1 aliphatic heterocycles. The highest BCUT2D eigenvalue weighted by atomic mass is 35.5. The number of carbonyl (C=O) groups is 2. The van der Waals surface area contributed by atoms with Crippen LogP contribution in [0.4, 0.5) is 15.8 Å². The van der Waals surface area contributed by atoms with Gasteiger partial charge in [-0.3, -0.25) is 9.59 Å². The number of sulfonamides is 1. The van der Waals surface area contributed by atoms with Gasteiger partial charge in [-0.2, -0.15) is 4.31 Å². The SMILES string of the molecule is CC(=O)Nc1ccc(S(=O)(=O)N2CCC[C@H](C(=O)Nc3ccc(Cl)c(F)c3)C2)cc1. The predicted octanol–water partition coefficient (Wildman–Crippen LogP) is 3.48. The number of benzene rings is 2. The average molecular weight is 454 g/mol. The molecule has 0 saturated carbocycles. The molecule has 10 heteroatoms. The number of carbonyl (C=O) groups excluding carboxylic acids is 2. The molecule has 1 fully saturated rings. The first kappa shape index (κ1) is 22.2. The molecule has 2 aromatic carbocycles. The lowest BCUT2D eigenvalue weighted by Gasteiger charge is -2.31. The Kier molecular flexibility index (Phi) is 6.74. The summed E-state index contributed by atoms with van der Waals surface area (Å²) in [5.41, 5.74) is 0.753. The minimum Gasteiger partial charge on any atom is -0.326 e. The van der Waals surface area contributed by atoms with Gasteiger partial charge in [0.2, 0.25) is 21.8 Å². The number of amides is 2. The molecule has 0 spiro atoms. The lowest BCUT2D eigenvalue weighted by Crippen LogP contribution is -2.43. The van der Waals surface area contributed by atoms with E-state index in [-0.39, 0.29) is 34.0 Å². The van der Waals surface area contributed by atoms with Crippen molar-refractivity contribution in [2.45, 2.75) is 24.7 Å². The lowest BCUT2D eigenvalue weighted by molar-refractivity contribution is -0.121. The molecule has 0 aliphatic carbocycles. The second-order valence-corrected chi connectivity index (χ2v) is 9.37. The molecule has 0 radical (unpaired) electrons. The molecule has 0 aromatic heterocycles. The van der Waals surface area contributed by atoms with E-state index in [1.54, 1.807) is 0 Å². The fraction of sp³-hybridized carbons (Fsp3) is 0.300. The van der Waals surface area contributed by atoms with Crippen LogP contribution in [-0.2, 0) is 19.6 Å². The first-order valence-electron chi connectivity index (χ1n) is 9.30. The number of hydrogen-bond acceptors (Lipinski definition) is 4. The maximum atomic E-state index is 13.6. The van der Waals surface area contributed by atoms with Gasteiger partial charge >= 0.3 is 0 Å². The molecular formula is C20H21ClFN3O4S. The van der Waals surface area contributed by atoms with Crippen LogP contribution in [0.2, 0.25) is 5.02 Å². The molecule has 0 bridgehead atoms. The molecule has 2 aromatic rings. The highest BCUT2D eigenvalue weighted by molar-refractivity contribution is 7.89. The van der Waals surface area contributed by atoms with Gasteiger partial charge in [-0.25, -0.2) is 12.8 Å². The summed E-state index contributed by atoms with van der Waals surface area (Å²) in [5, 5.41) is 5.15. The van der Waals surface area contributed by atoms with Crippen LogP contribution >= 0.6 is 11.6 Å². The van der Waals surface area contributed by atoms with E-state index < -0.39 is 21.8 Å². The maximum Gasteiger partial charge on any atom is 0.243 e. The second-order valence-electron chi connectivity index (χ2n) is 7.03. The summed E-state index contributed by atoms with van der Waals surface area (Å²) in [6, 6.07) is 9.80. The Hall–Kier alpha value is -2.49. The van der Waals surface area contributed by atoms with Crippen LogP contribution in [0.1, 0.15) is 19.8 Å². The third kappa shape index (κ3) is 5.16. The van der Waals surface area contributed by atoms with E-state index in [9.17, 15) is 22.4 Å². The van der Waals surface area contributed by atoms with Crippen molar-refractivity contribution in [2.75, 3.05) is 23.7 Å². The van der Waals surface area contributed by atoms with Gasteiger partial charge in [-0.05, 0) is 55.3 Å². The second kappa shape index (κ2) is 9.11. The number of nitrogens with one attached hydrogen (secondary N) is 2. The van der Waals surface area contributed by atoms with Crippen molar-refractivity contribution in [3.8, 4) is 0 Å². The standard InChI is InChI=1S/C20H21ClFN3O4S/c1-13(26)23-15-4-7-17(8-5-15)30(28,29)25-10-2-3-14(12-25)20(27)24-16-6-9-18(21)19(22)11-16/h4-9,11,14H,2-3,10,12H2,1H3,(H,23,26)(H,24,27)/t14-/m0/s1. The highest BCUT2D eigenvalue weighted by Gasteiger charge is 2.33. The van der Waals surface area contributed by atoms with Gasteiger partial charge in [-0.1, -0.05) is 11.6 Å². The first-order chi connectivity index (χ1) is 14.2. The third-order valence-electron chi connectivity index (χ3n) is 4.75. The molecule has 2 N–H and O–H groups in total. The molecule has 1 saturated heterocycles. The van der Waals surface area contributed by atoms with Gasteiger partial charge in [-0.15, -0.1) is 0 Å². The van der Waals surface area contributed by atoms with Gasteiger partial charge in [0, 0.05) is 31.4 Å². The van der Waals surface area contributed by atoms with E-state index in [1.165, 1.54) is 47.6 Å². The normalized spacial score (nSPS) is 17.4. The summed E-state index contributed by atoms with van der Waals surface area (Å²) in [7, 11) is -3.80. The Morgan fingerprint density at radius 1 is 1.10 bits per heavy atom.